The summed E-state index contributed by atoms with van der Waals surface area (Å²) in [5.74, 6) is 0.562. The lowest BCUT2D eigenvalue weighted by molar-refractivity contribution is -0.113. The van der Waals surface area contributed by atoms with Gasteiger partial charge in [-0.05, 0) is 67.5 Å². The van der Waals surface area contributed by atoms with Gasteiger partial charge in [0.2, 0.25) is 5.91 Å². The van der Waals surface area contributed by atoms with E-state index < -0.39 is 0 Å². The third kappa shape index (κ3) is 4.52. The highest BCUT2D eigenvalue weighted by Gasteiger charge is 2.25. The molecule has 34 heavy (non-hydrogen) atoms. The first-order chi connectivity index (χ1) is 16.4. The minimum atomic E-state index is -0.177. The molecule has 2 aromatic carbocycles. The number of hydrogen-bond acceptors (Lipinski definition) is 5. The molecule has 8 heteroatoms. The Morgan fingerprint density at radius 1 is 1.26 bits per heavy atom. The summed E-state index contributed by atoms with van der Waals surface area (Å²) >= 11 is 8.97. The molecule has 0 radical (unpaired) electrons. The zero-order chi connectivity index (χ0) is 23.8. The summed E-state index contributed by atoms with van der Waals surface area (Å²) in [4.78, 5) is 33.5. The number of nitrogens with zero attached hydrogens (tertiary/aromatic N) is 2. The van der Waals surface area contributed by atoms with Gasteiger partial charge in [-0.3, -0.25) is 14.2 Å². The van der Waals surface area contributed by atoms with Crippen molar-refractivity contribution in [2.24, 2.45) is 5.92 Å². The number of nitrogens with one attached hydrogen (secondary N) is 1. The molecule has 1 N–H and O–H groups in total. The first-order valence-corrected chi connectivity index (χ1v) is 13.4. The number of carbonyl (C=O) groups excluding carboxylic acids is 1. The van der Waals surface area contributed by atoms with Crippen molar-refractivity contribution in [2.45, 2.75) is 38.3 Å². The van der Waals surface area contributed by atoms with E-state index in [-0.39, 0.29) is 17.2 Å². The van der Waals surface area contributed by atoms with Crippen molar-refractivity contribution < 1.29 is 4.79 Å². The van der Waals surface area contributed by atoms with Gasteiger partial charge in [0.05, 0.1) is 16.8 Å². The molecule has 1 aliphatic carbocycles. The number of amides is 1. The second-order valence-electron chi connectivity index (χ2n) is 8.70. The Bertz CT molecular complexity index is 1450. The van der Waals surface area contributed by atoms with Crippen LogP contribution >= 0.6 is 34.7 Å². The number of aryl methyl sites for hydroxylation is 2. The molecule has 0 bridgehead atoms. The minimum absolute atomic E-state index is 0.0585. The number of anilines is 1. The van der Waals surface area contributed by atoms with Gasteiger partial charge in [-0.15, -0.1) is 11.3 Å². The van der Waals surface area contributed by atoms with E-state index >= 15 is 0 Å². The molecule has 0 fully saturated rings. The van der Waals surface area contributed by atoms with Gasteiger partial charge in [0, 0.05) is 15.6 Å². The number of halogens is 1. The molecular formula is C26H24ClN3O2S2. The summed E-state index contributed by atoms with van der Waals surface area (Å²) in [6, 6.07) is 14.9. The molecule has 1 unspecified atom stereocenters. The van der Waals surface area contributed by atoms with E-state index in [2.05, 4.69) is 12.2 Å². The third-order valence-corrected chi connectivity index (χ3v) is 8.44. The molecule has 4 aromatic rings. The molecule has 0 saturated carbocycles. The Balaban J connectivity index is 1.51. The van der Waals surface area contributed by atoms with Gasteiger partial charge in [0.25, 0.3) is 5.56 Å². The number of hydrogen-bond donors (Lipinski definition) is 1. The van der Waals surface area contributed by atoms with E-state index in [0.717, 1.165) is 46.3 Å². The Morgan fingerprint density at radius 3 is 2.85 bits per heavy atom. The van der Waals surface area contributed by atoms with Gasteiger partial charge >= 0.3 is 0 Å². The fraction of sp³-hybridized carbons (Fsp3) is 0.269. The zero-order valence-corrected chi connectivity index (χ0v) is 21.3. The zero-order valence-electron chi connectivity index (χ0n) is 18.9. The van der Waals surface area contributed by atoms with Crippen LogP contribution in [0.4, 0.5) is 5.69 Å². The fourth-order valence-electron chi connectivity index (χ4n) is 4.32. The molecule has 1 amide bonds. The van der Waals surface area contributed by atoms with Gasteiger partial charge in [-0.2, -0.15) is 0 Å². The highest BCUT2D eigenvalue weighted by molar-refractivity contribution is 7.99. The Morgan fingerprint density at radius 2 is 2.06 bits per heavy atom. The number of carbonyl (C=O) groups is 1. The topological polar surface area (TPSA) is 64.0 Å². The van der Waals surface area contributed by atoms with Gasteiger partial charge < -0.3 is 5.32 Å². The number of thiophene rings is 1. The predicted octanol–water partition coefficient (Wildman–Crippen LogP) is 6.26. The molecule has 174 valence electrons. The maximum absolute atomic E-state index is 13.8. The van der Waals surface area contributed by atoms with Crippen molar-refractivity contribution in [1.29, 1.82) is 0 Å². The summed E-state index contributed by atoms with van der Waals surface area (Å²) in [5, 5.41) is 4.74. The average molecular weight is 510 g/mol. The minimum Gasteiger partial charge on any atom is -0.325 e. The molecule has 0 spiro atoms. The quantitative estimate of drug-likeness (QED) is 0.254. The van der Waals surface area contributed by atoms with Crippen molar-refractivity contribution in [2.75, 3.05) is 11.1 Å². The van der Waals surface area contributed by atoms with Crippen molar-refractivity contribution in [3.05, 3.63) is 79.9 Å². The smallest absolute Gasteiger partial charge is 0.267 e. The molecule has 2 aromatic heterocycles. The first-order valence-electron chi connectivity index (χ1n) is 11.2. The number of aromatic nitrogens is 2. The van der Waals surface area contributed by atoms with Gasteiger partial charge in [-0.25, -0.2) is 4.98 Å². The standard InChI is InChI=1S/C26H24ClN3O2S2/c1-15-8-11-19-21(12-15)34-24-23(19)25(32)30(18-6-4-3-5-7-18)26(29-24)33-14-22(31)28-20-13-17(27)10-9-16(20)2/h3-7,9-10,13,15H,8,11-12,14H2,1-2H3,(H,28,31). The number of fused-ring (bicyclic) bond motifs is 3. The Labute approximate surface area is 211 Å². The van der Waals surface area contributed by atoms with Crippen molar-refractivity contribution in [3.8, 4) is 5.69 Å². The lowest BCUT2D eigenvalue weighted by Crippen LogP contribution is -2.23. The SMILES string of the molecule is Cc1ccc(Cl)cc1NC(=O)CSc1nc2sc3c(c2c(=O)n1-c1ccccc1)CCC(C)C3. The van der Waals surface area contributed by atoms with Crippen molar-refractivity contribution in [1.82, 2.24) is 9.55 Å². The Kier molecular flexibility index (Phi) is 6.51. The highest BCUT2D eigenvalue weighted by Crippen LogP contribution is 2.37. The van der Waals surface area contributed by atoms with E-state index in [1.165, 1.54) is 16.6 Å². The second kappa shape index (κ2) is 9.56. The van der Waals surface area contributed by atoms with Crippen LogP contribution in [0.2, 0.25) is 5.02 Å². The fourth-order valence-corrected chi connectivity index (χ4v) is 6.73. The first kappa shape index (κ1) is 23.1. The molecular weight excluding hydrogens is 486 g/mol. The van der Waals surface area contributed by atoms with Crippen LogP contribution < -0.4 is 10.9 Å². The highest BCUT2D eigenvalue weighted by atomic mass is 35.5. The molecule has 5 nitrogen and oxygen atoms in total. The van der Waals surface area contributed by atoms with E-state index in [1.54, 1.807) is 28.0 Å². The number of rotatable bonds is 5. The monoisotopic (exact) mass is 509 g/mol. The summed E-state index contributed by atoms with van der Waals surface area (Å²) in [6.45, 7) is 4.17. The predicted molar refractivity (Wildman–Crippen MR) is 142 cm³/mol. The molecule has 1 aliphatic rings. The van der Waals surface area contributed by atoms with Crippen LogP contribution in [0.25, 0.3) is 15.9 Å². The van der Waals surface area contributed by atoms with Crippen LogP contribution in [0.5, 0.6) is 0 Å². The van der Waals surface area contributed by atoms with Crippen LogP contribution in [0, 0.1) is 12.8 Å². The Hall–Kier alpha value is -2.61. The van der Waals surface area contributed by atoms with Gasteiger partial charge in [0.15, 0.2) is 5.16 Å². The summed E-state index contributed by atoms with van der Waals surface area (Å²) < 4.78 is 1.65. The maximum atomic E-state index is 13.8. The molecule has 2 heterocycles. The van der Waals surface area contributed by atoms with Gasteiger partial charge in [-0.1, -0.05) is 54.6 Å². The van der Waals surface area contributed by atoms with Crippen molar-refractivity contribution in [3.63, 3.8) is 0 Å². The lowest BCUT2D eigenvalue weighted by atomic mass is 9.89. The maximum Gasteiger partial charge on any atom is 0.267 e. The number of para-hydroxylation sites is 1. The second-order valence-corrected chi connectivity index (χ2v) is 11.2. The van der Waals surface area contributed by atoms with Crippen LogP contribution in [0.3, 0.4) is 0 Å². The molecule has 0 aliphatic heterocycles. The van der Waals surface area contributed by atoms with Crippen molar-refractivity contribution >= 4 is 56.5 Å². The summed E-state index contributed by atoms with van der Waals surface area (Å²) in [6.07, 6.45) is 2.99. The molecule has 1 atom stereocenters. The van der Waals surface area contributed by atoms with Crippen LogP contribution in [-0.2, 0) is 17.6 Å². The van der Waals surface area contributed by atoms with E-state index in [1.807, 2.05) is 43.3 Å². The number of thioether (sulfide) groups is 1. The normalized spacial score (nSPS) is 15.3. The van der Waals surface area contributed by atoms with Gasteiger partial charge in [0.1, 0.15) is 4.83 Å². The van der Waals surface area contributed by atoms with E-state index in [9.17, 15) is 9.59 Å². The molecule has 5 rings (SSSR count). The lowest BCUT2D eigenvalue weighted by Gasteiger charge is -2.17. The van der Waals surface area contributed by atoms with E-state index in [0.29, 0.717) is 21.8 Å². The van der Waals surface area contributed by atoms with Crippen LogP contribution in [-0.4, -0.2) is 21.2 Å². The third-order valence-electron chi connectivity index (χ3n) is 6.12. The summed E-state index contributed by atoms with van der Waals surface area (Å²) in [5.41, 5.74) is 3.46. The number of benzene rings is 2. The van der Waals surface area contributed by atoms with E-state index in [4.69, 9.17) is 16.6 Å². The largest absolute Gasteiger partial charge is 0.325 e. The summed E-state index contributed by atoms with van der Waals surface area (Å²) in [7, 11) is 0. The van der Waals surface area contributed by atoms with Crippen LogP contribution in [0.15, 0.2) is 58.5 Å². The van der Waals surface area contributed by atoms with Crippen LogP contribution in [0.1, 0.15) is 29.3 Å². The molecule has 0 saturated heterocycles. The average Bonchev–Trinajstić information content (AvgIpc) is 3.18.